The zero-order valence-electron chi connectivity index (χ0n) is 9.50. The molecule has 0 aromatic rings. The number of thioether (sulfide) groups is 1. The monoisotopic (exact) mass is 248 g/mol. The number of aliphatic hydroxyl groups excluding tert-OH is 1. The lowest BCUT2D eigenvalue weighted by Gasteiger charge is -2.22. The Morgan fingerprint density at radius 2 is 2.06 bits per heavy atom. The van der Waals surface area contributed by atoms with Gasteiger partial charge in [-0.2, -0.15) is 0 Å². The predicted molar refractivity (Wildman–Crippen MR) is 57.8 cm³/mol. The van der Waals surface area contributed by atoms with Gasteiger partial charge in [0.05, 0.1) is 11.9 Å². The fourth-order valence-electron chi connectivity index (χ4n) is 2.05. The van der Waals surface area contributed by atoms with E-state index in [0.29, 0.717) is 0 Å². The number of rotatable bonds is 2. The molecule has 1 unspecified atom stereocenters. The molecule has 2 heterocycles. The van der Waals surface area contributed by atoms with Gasteiger partial charge in [-0.3, -0.25) is 4.79 Å². The number of fused-ring (bicyclic) bond motifs is 1. The van der Waals surface area contributed by atoms with Crippen LogP contribution in [0.4, 0.5) is 0 Å². The zero-order chi connectivity index (χ0) is 11.9. The summed E-state index contributed by atoms with van der Waals surface area (Å²) in [4.78, 5) is 11.0. The highest BCUT2D eigenvalue weighted by atomic mass is 32.2. The molecule has 0 aromatic carbocycles. The van der Waals surface area contributed by atoms with Gasteiger partial charge in [0.15, 0.2) is 11.2 Å². The van der Waals surface area contributed by atoms with Crippen LogP contribution in [0.3, 0.4) is 0 Å². The minimum atomic E-state index is -0.678. The van der Waals surface area contributed by atoms with E-state index in [1.807, 2.05) is 13.8 Å². The summed E-state index contributed by atoms with van der Waals surface area (Å²) in [5.74, 6) is -1.02. The molecule has 2 fully saturated rings. The van der Waals surface area contributed by atoms with Gasteiger partial charge in [0.25, 0.3) is 0 Å². The lowest BCUT2D eigenvalue weighted by molar-refractivity contribution is -0.163. The van der Waals surface area contributed by atoms with Crippen molar-refractivity contribution in [3.05, 3.63) is 0 Å². The van der Waals surface area contributed by atoms with Crippen molar-refractivity contribution in [2.45, 2.75) is 49.5 Å². The second-order valence-corrected chi connectivity index (χ2v) is 5.74. The van der Waals surface area contributed by atoms with Crippen LogP contribution in [0, 0.1) is 0 Å². The van der Waals surface area contributed by atoms with Crippen LogP contribution < -0.4 is 0 Å². The average molecular weight is 248 g/mol. The molecular weight excluding hydrogens is 232 g/mol. The molecule has 0 saturated carbocycles. The molecule has 16 heavy (non-hydrogen) atoms. The molecule has 0 amide bonds. The van der Waals surface area contributed by atoms with E-state index in [9.17, 15) is 9.90 Å². The molecular formula is C10H16O5S. The van der Waals surface area contributed by atoms with Crippen LogP contribution >= 0.6 is 11.8 Å². The number of ether oxygens (including phenoxy) is 3. The third-order valence-corrected chi connectivity index (χ3v) is 3.97. The Kier molecular flexibility index (Phi) is 3.18. The highest BCUT2D eigenvalue weighted by Gasteiger charge is 2.55. The van der Waals surface area contributed by atoms with E-state index in [0.717, 1.165) is 0 Å². The van der Waals surface area contributed by atoms with Crippen molar-refractivity contribution in [1.82, 2.24) is 0 Å². The Hall–Kier alpha value is -0.300. The van der Waals surface area contributed by atoms with Crippen LogP contribution in [-0.4, -0.2) is 46.4 Å². The summed E-state index contributed by atoms with van der Waals surface area (Å²) in [6.07, 6.45) is -0.504. The molecule has 0 aliphatic carbocycles. The average Bonchev–Trinajstić information content (AvgIpc) is 2.60. The summed E-state index contributed by atoms with van der Waals surface area (Å²) in [5, 5.41) is 9.14. The molecule has 0 radical (unpaired) electrons. The van der Waals surface area contributed by atoms with E-state index in [1.54, 1.807) is 0 Å². The Bertz CT molecular complexity index is 293. The van der Waals surface area contributed by atoms with Crippen molar-refractivity contribution in [2.75, 3.05) is 6.61 Å². The van der Waals surface area contributed by atoms with Gasteiger partial charge in [-0.15, -0.1) is 11.8 Å². The number of carbonyl (C=O) groups is 1. The van der Waals surface area contributed by atoms with E-state index in [1.165, 1.54) is 18.7 Å². The van der Waals surface area contributed by atoms with E-state index >= 15 is 0 Å². The Balaban J connectivity index is 2.11. The van der Waals surface area contributed by atoms with Crippen molar-refractivity contribution in [3.63, 3.8) is 0 Å². The third kappa shape index (κ3) is 2.20. The zero-order valence-corrected chi connectivity index (χ0v) is 10.3. The maximum Gasteiger partial charge on any atom is 0.303 e. The topological polar surface area (TPSA) is 65.0 Å². The van der Waals surface area contributed by atoms with Gasteiger partial charge >= 0.3 is 5.97 Å². The van der Waals surface area contributed by atoms with Gasteiger partial charge < -0.3 is 19.3 Å². The van der Waals surface area contributed by atoms with Crippen LogP contribution in [0.5, 0.6) is 0 Å². The van der Waals surface area contributed by atoms with Crippen molar-refractivity contribution < 1.29 is 24.1 Å². The first-order valence-corrected chi connectivity index (χ1v) is 6.16. The molecule has 2 aliphatic rings. The predicted octanol–water partition coefficient (Wildman–Crippen LogP) is 0.503. The largest absolute Gasteiger partial charge is 0.449 e. The molecule has 4 atom stereocenters. The maximum absolute atomic E-state index is 11.0. The SMILES string of the molecule is CC(=O)OC1S[C@@H](CO)[C@H]2OC(C)(C)O[C@@H]12. The van der Waals surface area contributed by atoms with Crippen LogP contribution in [0.1, 0.15) is 20.8 Å². The third-order valence-electron chi connectivity index (χ3n) is 2.57. The number of hydrogen-bond donors (Lipinski definition) is 1. The van der Waals surface area contributed by atoms with Crippen molar-refractivity contribution in [3.8, 4) is 0 Å². The van der Waals surface area contributed by atoms with Gasteiger partial charge in [-0.05, 0) is 13.8 Å². The van der Waals surface area contributed by atoms with E-state index < -0.39 is 5.79 Å². The fourth-order valence-corrected chi connectivity index (χ4v) is 3.40. The smallest absolute Gasteiger partial charge is 0.303 e. The lowest BCUT2D eigenvalue weighted by atomic mass is 10.1. The van der Waals surface area contributed by atoms with Crippen molar-refractivity contribution in [2.24, 2.45) is 0 Å². The highest BCUT2D eigenvalue weighted by Crippen LogP contribution is 2.45. The molecule has 6 heteroatoms. The standard InChI is InChI=1S/C10H16O5S/c1-5(12)13-9-8-7(6(4-11)16-9)14-10(2,3)15-8/h6-9,11H,4H2,1-3H3/t6-,7+,8+,9?/m0/s1. The van der Waals surface area contributed by atoms with Gasteiger partial charge in [-0.25, -0.2) is 0 Å². The van der Waals surface area contributed by atoms with Crippen LogP contribution in [0.2, 0.25) is 0 Å². The quantitative estimate of drug-likeness (QED) is 0.718. The molecule has 0 bridgehead atoms. The summed E-state index contributed by atoms with van der Waals surface area (Å²) in [7, 11) is 0. The Morgan fingerprint density at radius 1 is 1.44 bits per heavy atom. The molecule has 2 rings (SSSR count). The summed E-state index contributed by atoms with van der Waals surface area (Å²) in [6.45, 7) is 4.98. The molecule has 5 nitrogen and oxygen atoms in total. The molecule has 0 aromatic heterocycles. The Labute approximate surface area is 98.4 Å². The minimum absolute atomic E-state index is 0.0109. The van der Waals surface area contributed by atoms with Crippen molar-refractivity contribution in [1.29, 1.82) is 0 Å². The first-order chi connectivity index (χ1) is 7.43. The van der Waals surface area contributed by atoms with E-state index in [4.69, 9.17) is 14.2 Å². The van der Waals surface area contributed by atoms with Gasteiger partial charge in [0.1, 0.15) is 12.2 Å². The van der Waals surface area contributed by atoms with Gasteiger partial charge in [0, 0.05) is 6.92 Å². The molecule has 1 N–H and O–H groups in total. The minimum Gasteiger partial charge on any atom is -0.449 e. The maximum atomic E-state index is 11.0. The molecule has 92 valence electrons. The first kappa shape index (κ1) is 12.2. The lowest BCUT2D eigenvalue weighted by Crippen LogP contribution is -2.32. The van der Waals surface area contributed by atoms with E-state index in [-0.39, 0.29) is 35.5 Å². The number of carbonyl (C=O) groups excluding carboxylic acids is 1. The molecule has 0 spiro atoms. The van der Waals surface area contributed by atoms with Gasteiger partial charge in [0.2, 0.25) is 0 Å². The highest BCUT2D eigenvalue weighted by molar-refractivity contribution is 8.00. The number of aliphatic hydroxyl groups is 1. The van der Waals surface area contributed by atoms with Crippen LogP contribution in [-0.2, 0) is 19.0 Å². The summed E-state index contributed by atoms with van der Waals surface area (Å²) >= 11 is 1.39. The second kappa shape index (κ2) is 4.18. The molecule has 2 aliphatic heterocycles. The summed E-state index contributed by atoms with van der Waals surface area (Å²) in [6, 6.07) is 0. The normalized spacial score (nSPS) is 40.8. The second-order valence-electron chi connectivity index (χ2n) is 4.40. The van der Waals surface area contributed by atoms with Crippen LogP contribution in [0.15, 0.2) is 0 Å². The van der Waals surface area contributed by atoms with Crippen molar-refractivity contribution >= 4 is 17.7 Å². The molecule has 2 saturated heterocycles. The number of esters is 1. The number of hydrogen-bond acceptors (Lipinski definition) is 6. The summed E-state index contributed by atoms with van der Waals surface area (Å²) < 4.78 is 16.5. The summed E-state index contributed by atoms with van der Waals surface area (Å²) in [5.41, 5.74) is -0.388. The van der Waals surface area contributed by atoms with E-state index in [2.05, 4.69) is 0 Å². The van der Waals surface area contributed by atoms with Gasteiger partial charge in [-0.1, -0.05) is 0 Å². The van der Waals surface area contributed by atoms with Crippen LogP contribution in [0.25, 0.3) is 0 Å². The Morgan fingerprint density at radius 3 is 2.62 bits per heavy atom. The first-order valence-electron chi connectivity index (χ1n) is 5.22. The fraction of sp³-hybridized carbons (Fsp3) is 0.900.